The zero-order valence-corrected chi connectivity index (χ0v) is 16.7. The number of phenolic OH excluding ortho intramolecular Hbond substituents is 1. The van der Waals surface area contributed by atoms with Crippen LogP contribution in [-0.2, 0) is 6.42 Å². The van der Waals surface area contributed by atoms with E-state index >= 15 is 0 Å². The smallest absolute Gasteiger partial charge is 0.145 e. The second-order valence-electron chi connectivity index (χ2n) is 6.30. The summed E-state index contributed by atoms with van der Waals surface area (Å²) in [4.78, 5) is 8.81. The molecule has 2 aromatic carbocycles. The van der Waals surface area contributed by atoms with Crippen molar-refractivity contribution >= 4 is 38.4 Å². The van der Waals surface area contributed by atoms with Gasteiger partial charge in [-0.05, 0) is 42.0 Å². The van der Waals surface area contributed by atoms with Crippen molar-refractivity contribution in [2.45, 2.75) is 12.3 Å². The first-order valence-electron chi connectivity index (χ1n) is 8.55. The van der Waals surface area contributed by atoms with Crippen LogP contribution in [0.1, 0.15) is 22.7 Å². The fourth-order valence-corrected chi connectivity index (χ4v) is 4.18. The Morgan fingerprint density at radius 2 is 1.70 bits per heavy atom. The van der Waals surface area contributed by atoms with E-state index in [9.17, 15) is 5.11 Å². The normalized spacial score (nSPS) is 12.2. The van der Waals surface area contributed by atoms with Crippen molar-refractivity contribution < 1.29 is 5.11 Å². The maximum Gasteiger partial charge on any atom is 0.145 e. The molecule has 0 saturated carbocycles. The average molecular weight is 440 g/mol. The van der Waals surface area contributed by atoms with E-state index in [4.69, 9.17) is 11.6 Å². The monoisotopic (exact) mass is 438 g/mol. The van der Waals surface area contributed by atoms with Gasteiger partial charge in [-0.2, -0.15) is 0 Å². The van der Waals surface area contributed by atoms with E-state index in [1.807, 2.05) is 60.7 Å². The highest BCUT2D eigenvalue weighted by Crippen LogP contribution is 2.42. The zero-order valence-electron chi connectivity index (χ0n) is 14.3. The fraction of sp³-hybridized carbons (Fsp3) is 0.0909. The molecule has 0 aliphatic rings. The highest BCUT2D eigenvalue weighted by molar-refractivity contribution is 9.10. The van der Waals surface area contributed by atoms with Crippen LogP contribution in [0.5, 0.6) is 5.75 Å². The predicted octanol–water partition coefficient (Wildman–Crippen LogP) is 6.13. The van der Waals surface area contributed by atoms with Crippen LogP contribution in [0.3, 0.4) is 0 Å². The predicted molar refractivity (Wildman–Crippen MR) is 112 cm³/mol. The number of rotatable bonds is 4. The topological polar surface area (TPSA) is 46.0 Å². The zero-order chi connectivity index (χ0) is 18.8. The second kappa shape index (κ2) is 7.67. The van der Waals surface area contributed by atoms with E-state index in [-0.39, 0.29) is 11.7 Å². The lowest BCUT2D eigenvalue weighted by Gasteiger charge is -2.21. The summed E-state index contributed by atoms with van der Waals surface area (Å²) in [5, 5.41) is 12.3. The standard InChI is InChI=1S/C22H16BrClN2O/c23-19-9-2-1-7-15(19)17(12-14-6-3-4-10-25-14)18-13-20(24)16-8-5-11-26-21(16)22(18)27/h1-11,13,17,27H,12H2. The van der Waals surface area contributed by atoms with Crippen LogP contribution in [0, 0.1) is 0 Å². The van der Waals surface area contributed by atoms with Crippen LogP contribution in [0.15, 0.2) is 77.5 Å². The van der Waals surface area contributed by atoms with Crippen molar-refractivity contribution in [1.82, 2.24) is 9.97 Å². The largest absolute Gasteiger partial charge is 0.505 e. The number of aromatic hydroxyl groups is 1. The summed E-state index contributed by atoms with van der Waals surface area (Å²) in [7, 11) is 0. The van der Waals surface area contributed by atoms with Gasteiger partial charge < -0.3 is 5.11 Å². The van der Waals surface area contributed by atoms with E-state index < -0.39 is 0 Å². The molecule has 2 aromatic heterocycles. The Bertz CT molecular complexity index is 1100. The Kier molecular flexibility index (Phi) is 5.10. The molecule has 0 aliphatic carbocycles. The van der Waals surface area contributed by atoms with E-state index in [0.29, 0.717) is 17.0 Å². The Morgan fingerprint density at radius 1 is 0.926 bits per heavy atom. The number of halogens is 2. The van der Waals surface area contributed by atoms with Crippen molar-refractivity contribution in [3.05, 3.63) is 99.4 Å². The third kappa shape index (κ3) is 3.55. The molecule has 134 valence electrons. The van der Waals surface area contributed by atoms with Gasteiger partial charge in [-0.25, -0.2) is 0 Å². The van der Waals surface area contributed by atoms with Crippen molar-refractivity contribution in [3.63, 3.8) is 0 Å². The van der Waals surface area contributed by atoms with Gasteiger partial charge in [0.1, 0.15) is 11.3 Å². The molecular weight excluding hydrogens is 424 g/mol. The number of hydrogen-bond acceptors (Lipinski definition) is 3. The van der Waals surface area contributed by atoms with Crippen LogP contribution in [-0.4, -0.2) is 15.1 Å². The fourth-order valence-electron chi connectivity index (χ4n) is 3.34. The van der Waals surface area contributed by atoms with E-state index in [0.717, 1.165) is 26.7 Å². The van der Waals surface area contributed by atoms with Crippen LogP contribution in [0.4, 0.5) is 0 Å². The van der Waals surface area contributed by atoms with Crippen LogP contribution in [0.25, 0.3) is 10.9 Å². The molecule has 5 heteroatoms. The SMILES string of the molecule is Oc1c(C(Cc2ccccn2)c2ccccc2Br)cc(Cl)c2cccnc12. The lowest BCUT2D eigenvalue weighted by Crippen LogP contribution is -2.08. The van der Waals surface area contributed by atoms with Crippen molar-refractivity contribution in [2.24, 2.45) is 0 Å². The van der Waals surface area contributed by atoms with Gasteiger partial charge in [0.05, 0.1) is 5.02 Å². The molecule has 3 nitrogen and oxygen atoms in total. The van der Waals surface area contributed by atoms with Crippen molar-refractivity contribution in [3.8, 4) is 5.75 Å². The summed E-state index contributed by atoms with van der Waals surface area (Å²) < 4.78 is 0.975. The van der Waals surface area contributed by atoms with Gasteiger partial charge in [0.25, 0.3) is 0 Å². The third-order valence-corrected chi connectivity index (χ3v) is 5.68. The molecule has 4 rings (SSSR count). The Hall–Kier alpha value is -2.43. The summed E-state index contributed by atoms with van der Waals surface area (Å²) in [6.07, 6.45) is 4.07. The highest BCUT2D eigenvalue weighted by Gasteiger charge is 2.24. The summed E-state index contributed by atoms with van der Waals surface area (Å²) >= 11 is 10.2. The molecule has 0 bridgehead atoms. The Labute approximate surface area is 170 Å². The van der Waals surface area contributed by atoms with Gasteiger partial charge in [-0.1, -0.05) is 51.8 Å². The average Bonchev–Trinajstić information content (AvgIpc) is 2.71. The Morgan fingerprint density at radius 3 is 2.48 bits per heavy atom. The van der Waals surface area contributed by atoms with Gasteiger partial charge in [-0.15, -0.1) is 0 Å². The molecule has 1 N–H and O–H groups in total. The number of hydrogen-bond donors (Lipinski definition) is 1. The maximum atomic E-state index is 11.0. The molecule has 4 aromatic rings. The molecule has 1 atom stereocenters. The number of fused-ring (bicyclic) bond motifs is 1. The molecule has 27 heavy (non-hydrogen) atoms. The molecule has 0 aliphatic heterocycles. The van der Waals surface area contributed by atoms with E-state index in [1.54, 1.807) is 12.4 Å². The second-order valence-corrected chi connectivity index (χ2v) is 7.56. The van der Waals surface area contributed by atoms with Gasteiger partial charge in [0.15, 0.2) is 0 Å². The minimum Gasteiger partial charge on any atom is -0.505 e. The van der Waals surface area contributed by atoms with Crippen molar-refractivity contribution in [1.29, 1.82) is 0 Å². The molecular formula is C22H16BrClN2O. The first-order valence-corrected chi connectivity index (χ1v) is 9.72. The van der Waals surface area contributed by atoms with E-state index in [2.05, 4.69) is 25.9 Å². The molecule has 0 amide bonds. The Balaban J connectivity index is 1.92. The van der Waals surface area contributed by atoms with Gasteiger partial charge >= 0.3 is 0 Å². The molecule has 0 spiro atoms. The van der Waals surface area contributed by atoms with Gasteiger partial charge in [-0.3, -0.25) is 9.97 Å². The number of nitrogens with zero attached hydrogens (tertiary/aromatic N) is 2. The summed E-state index contributed by atoms with van der Waals surface area (Å²) in [5.74, 6) is 0.0334. The van der Waals surface area contributed by atoms with Gasteiger partial charge in [0.2, 0.25) is 0 Å². The number of pyridine rings is 2. The minimum absolute atomic E-state index is 0.126. The van der Waals surface area contributed by atoms with Crippen LogP contribution >= 0.6 is 27.5 Å². The molecule has 0 radical (unpaired) electrons. The first-order chi connectivity index (χ1) is 13.1. The molecule has 0 saturated heterocycles. The first kappa shape index (κ1) is 18.0. The summed E-state index contributed by atoms with van der Waals surface area (Å²) in [5.41, 5.74) is 3.25. The van der Waals surface area contributed by atoms with Gasteiger partial charge in [0, 0.05) is 45.8 Å². The lowest BCUT2D eigenvalue weighted by molar-refractivity contribution is 0.469. The quantitative estimate of drug-likeness (QED) is 0.416. The number of aromatic nitrogens is 2. The summed E-state index contributed by atoms with van der Waals surface area (Å²) in [6, 6.07) is 19.4. The van der Waals surface area contributed by atoms with E-state index in [1.165, 1.54) is 0 Å². The van der Waals surface area contributed by atoms with Crippen molar-refractivity contribution in [2.75, 3.05) is 0 Å². The molecule has 1 unspecified atom stereocenters. The minimum atomic E-state index is -0.126. The maximum absolute atomic E-state index is 11.0. The molecule has 2 heterocycles. The highest BCUT2D eigenvalue weighted by atomic mass is 79.9. The number of phenols is 1. The third-order valence-electron chi connectivity index (χ3n) is 4.64. The number of benzene rings is 2. The lowest BCUT2D eigenvalue weighted by atomic mass is 9.86. The van der Waals surface area contributed by atoms with Crippen LogP contribution < -0.4 is 0 Å². The molecule has 0 fully saturated rings. The van der Waals surface area contributed by atoms with Crippen LogP contribution in [0.2, 0.25) is 5.02 Å². The summed E-state index contributed by atoms with van der Waals surface area (Å²) in [6.45, 7) is 0.